The zero-order valence-corrected chi connectivity index (χ0v) is 24.6. The average molecular weight is 570 g/mol. The van der Waals surface area contributed by atoms with Crippen molar-refractivity contribution in [1.29, 1.82) is 0 Å². The molecule has 0 radical (unpaired) electrons. The quantitative estimate of drug-likeness (QED) is 0.456. The largest absolute Gasteiger partial charge is 0.414 e. The fraction of sp³-hybridized carbons (Fsp3) is 0.533. The van der Waals surface area contributed by atoms with Gasteiger partial charge in [0.15, 0.2) is 10.8 Å². The molecule has 216 valence electrons. The van der Waals surface area contributed by atoms with Gasteiger partial charge in [-0.25, -0.2) is 4.79 Å². The second-order valence-corrected chi connectivity index (χ2v) is 12.1. The molecular formula is C30H39N3O6S. The van der Waals surface area contributed by atoms with E-state index in [1.165, 1.54) is 23.3 Å². The predicted molar refractivity (Wildman–Crippen MR) is 153 cm³/mol. The SMILES string of the molecule is CCC(C)C(OC)C(=O)N1CC(=O)C2C1CCN2C(=O)C(CC(C)C)NC(=O)Oc1ccc(-c2ccccc2)s1. The van der Waals surface area contributed by atoms with E-state index in [9.17, 15) is 19.2 Å². The Balaban J connectivity index is 1.44. The molecule has 4 rings (SSSR count). The Morgan fingerprint density at radius 1 is 1.05 bits per heavy atom. The molecular weight excluding hydrogens is 530 g/mol. The molecule has 3 amide bonds. The number of methoxy groups -OCH3 is 1. The Kier molecular flexibility index (Phi) is 9.63. The molecule has 0 bridgehead atoms. The maximum atomic E-state index is 13.7. The number of carbonyl (C=O) groups is 4. The van der Waals surface area contributed by atoms with E-state index in [1.807, 2.05) is 64.1 Å². The standard InChI is InChI=1S/C30H39N3O6S/c1-6-19(4)27(38-5)29(36)33-17-23(34)26-22(33)14-15-32(26)28(35)21(16-18(2)3)31-30(37)39-25-13-12-24(40-25)20-10-8-7-9-11-20/h7-13,18-19,21-22,26-27H,6,14-17H2,1-5H3,(H,31,37). The summed E-state index contributed by atoms with van der Waals surface area (Å²) in [5, 5.41) is 3.16. The number of likely N-dealkylation sites (tertiary alicyclic amines) is 2. The van der Waals surface area contributed by atoms with Crippen LogP contribution in [0.25, 0.3) is 10.4 Å². The number of hydrogen-bond donors (Lipinski definition) is 1. The highest BCUT2D eigenvalue weighted by Crippen LogP contribution is 2.34. The molecule has 5 unspecified atom stereocenters. The number of fused-ring (bicyclic) bond motifs is 1. The Morgan fingerprint density at radius 3 is 2.42 bits per heavy atom. The minimum absolute atomic E-state index is 0.00328. The van der Waals surface area contributed by atoms with Crippen LogP contribution < -0.4 is 10.1 Å². The fourth-order valence-electron chi connectivity index (χ4n) is 5.60. The van der Waals surface area contributed by atoms with Crippen LogP contribution in [0.2, 0.25) is 0 Å². The van der Waals surface area contributed by atoms with Crippen molar-refractivity contribution in [3.05, 3.63) is 42.5 Å². The topological polar surface area (TPSA) is 105 Å². The molecule has 1 aromatic heterocycles. The van der Waals surface area contributed by atoms with Crippen LogP contribution >= 0.6 is 11.3 Å². The number of nitrogens with one attached hydrogen (secondary N) is 1. The monoisotopic (exact) mass is 569 g/mol. The molecule has 1 aromatic carbocycles. The first-order valence-corrected chi connectivity index (χ1v) is 14.8. The number of Topliss-reactive ketones (excluding diaryl/α,β-unsaturated/α-hetero) is 1. The van der Waals surface area contributed by atoms with Crippen molar-refractivity contribution < 1.29 is 28.7 Å². The predicted octanol–water partition coefficient (Wildman–Crippen LogP) is 4.36. The molecule has 0 aliphatic carbocycles. The average Bonchev–Trinajstić information content (AvgIpc) is 3.65. The van der Waals surface area contributed by atoms with E-state index in [2.05, 4.69) is 5.32 Å². The van der Waals surface area contributed by atoms with Crippen molar-refractivity contribution in [3.63, 3.8) is 0 Å². The summed E-state index contributed by atoms with van der Waals surface area (Å²) in [6.45, 7) is 8.16. The Bertz CT molecular complexity index is 1220. The second kappa shape index (κ2) is 13.0. The number of hydrogen-bond acceptors (Lipinski definition) is 7. The zero-order valence-electron chi connectivity index (χ0n) is 23.8. The van der Waals surface area contributed by atoms with Crippen LogP contribution in [0.3, 0.4) is 0 Å². The summed E-state index contributed by atoms with van der Waals surface area (Å²) in [6, 6.07) is 11.4. The zero-order chi connectivity index (χ0) is 29.0. The van der Waals surface area contributed by atoms with Gasteiger partial charge in [-0.15, -0.1) is 0 Å². The molecule has 10 heteroatoms. The summed E-state index contributed by atoms with van der Waals surface area (Å²) in [4.78, 5) is 57.1. The summed E-state index contributed by atoms with van der Waals surface area (Å²) >= 11 is 1.34. The molecule has 0 spiro atoms. The van der Waals surface area contributed by atoms with Crippen molar-refractivity contribution in [2.45, 2.75) is 71.2 Å². The molecule has 1 N–H and O–H groups in total. The number of rotatable bonds is 10. The van der Waals surface area contributed by atoms with Crippen LogP contribution in [0.4, 0.5) is 4.79 Å². The van der Waals surface area contributed by atoms with Crippen LogP contribution in [0, 0.1) is 11.8 Å². The minimum Gasteiger partial charge on any atom is -0.399 e. The lowest BCUT2D eigenvalue weighted by Crippen LogP contribution is -2.53. The highest BCUT2D eigenvalue weighted by molar-refractivity contribution is 7.17. The van der Waals surface area contributed by atoms with Gasteiger partial charge in [0.05, 0.1) is 12.6 Å². The third-order valence-electron chi connectivity index (χ3n) is 7.78. The molecule has 2 aliphatic rings. The van der Waals surface area contributed by atoms with E-state index in [-0.39, 0.29) is 42.0 Å². The maximum absolute atomic E-state index is 13.7. The van der Waals surface area contributed by atoms with Gasteiger partial charge in [0.25, 0.3) is 5.91 Å². The van der Waals surface area contributed by atoms with Crippen molar-refractivity contribution in [2.24, 2.45) is 11.8 Å². The lowest BCUT2D eigenvalue weighted by molar-refractivity contribution is -0.146. The number of ketones is 1. The number of amides is 3. The summed E-state index contributed by atoms with van der Waals surface area (Å²) in [5.41, 5.74) is 1.02. The summed E-state index contributed by atoms with van der Waals surface area (Å²) in [7, 11) is 1.51. The molecule has 2 fully saturated rings. The first-order chi connectivity index (χ1) is 19.1. The van der Waals surface area contributed by atoms with Gasteiger partial charge in [0, 0.05) is 18.5 Å². The second-order valence-electron chi connectivity index (χ2n) is 11.0. The summed E-state index contributed by atoms with van der Waals surface area (Å²) in [6.07, 6.45) is 0.301. The first-order valence-electron chi connectivity index (χ1n) is 13.9. The first kappa shape index (κ1) is 29.7. The molecule has 2 saturated heterocycles. The molecule has 0 saturated carbocycles. The van der Waals surface area contributed by atoms with Crippen molar-refractivity contribution >= 4 is 35.0 Å². The number of carbonyl (C=O) groups excluding carboxylic acids is 4. The molecule has 40 heavy (non-hydrogen) atoms. The van der Waals surface area contributed by atoms with Gasteiger partial charge in [-0.05, 0) is 42.4 Å². The van der Waals surface area contributed by atoms with Gasteiger partial charge in [0.2, 0.25) is 5.91 Å². The van der Waals surface area contributed by atoms with Crippen LogP contribution in [-0.2, 0) is 19.1 Å². The smallest absolute Gasteiger partial charge is 0.399 e. The summed E-state index contributed by atoms with van der Waals surface area (Å²) < 4.78 is 11.0. The van der Waals surface area contributed by atoms with E-state index >= 15 is 0 Å². The molecule has 5 atom stereocenters. The van der Waals surface area contributed by atoms with Crippen LogP contribution in [0.1, 0.15) is 47.0 Å². The van der Waals surface area contributed by atoms with Gasteiger partial charge in [-0.2, -0.15) is 0 Å². The van der Waals surface area contributed by atoms with Crippen LogP contribution in [0.15, 0.2) is 42.5 Å². The van der Waals surface area contributed by atoms with E-state index in [0.29, 0.717) is 24.4 Å². The highest BCUT2D eigenvalue weighted by Gasteiger charge is 2.53. The van der Waals surface area contributed by atoms with Gasteiger partial charge in [0.1, 0.15) is 18.2 Å². The maximum Gasteiger partial charge on any atom is 0.414 e. The Labute approximate surface area is 239 Å². The normalized spacial score (nSPS) is 20.8. The van der Waals surface area contributed by atoms with E-state index in [1.54, 1.807) is 11.0 Å². The number of ether oxygens (including phenoxy) is 2. The van der Waals surface area contributed by atoms with E-state index in [0.717, 1.165) is 16.9 Å². The highest BCUT2D eigenvalue weighted by atomic mass is 32.1. The van der Waals surface area contributed by atoms with Crippen molar-refractivity contribution in [1.82, 2.24) is 15.1 Å². The molecule has 2 aromatic rings. The van der Waals surface area contributed by atoms with Crippen molar-refractivity contribution in [2.75, 3.05) is 20.2 Å². The van der Waals surface area contributed by atoms with E-state index in [4.69, 9.17) is 9.47 Å². The minimum atomic E-state index is -0.857. The number of thiophene rings is 1. The number of nitrogens with zero attached hydrogens (tertiary/aromatic N) is 2. The Hall–Kier alpha value is -3.24. The summed E-state index contributed by atoms with van der Waals surface area (Å²) in [5.74, 6) is -0.598. The van der Waals surface area contributed by atoms with Crippen LogP contribution in [-0.4, -0.2) is 77.9 Å². The van der Waals surface area contributed by atoms with Crippen molar-refractivity contribution in [3.8, 4) is 15.5 Å². The molecule has 9 nitrogen and oxygen atoms in total. The van der Waals surface area contributed by atoms with E-state index < -0.39 is 24.3 Å². The van der Waals surface area contributed by atoms with Gasteiger partial charge < -0.3 is 24.6 Å². The lowest BCUT2D eigenvalue weighted by atomic mass is 10.00. The fourth-order valence-corrected chi connectivity index (χ4v) is 6.46. The lowest BCUT2D eigenvalue weighted by Gasteiger charge is -2.30. The van der Waals surface area contributed by atoms with Gasteiger partial charge in [-0.3, -0.25) is 14.4 Å². The molecule has 2 aliphatic heterocycles. The third-order valence-corrected chi connectivity index (χ3v) is 8.79. The van der Waals surface area contributed by atoms with Gasteiger partial charge in [-0.1, -0.05) is 75.8 Å². The van der Waals surface area contributed by atoms with Crippen LogP contribution in [0.5, 0.6) is 5.06 Å². The third kappa shape index (κ3) is 6.39. The Morgan fingerprint density at radius 2 is 1.77 bits per heavy atom. The molecule has 3 heterocycles. The number of benzene rings is 1. The van der Waals surface area contributed by atoms with Gasteiger partial charge >= 0.3 is 6.09 Å².